The number of rotatable bonds is 4. The Morgan fingerprint density at radius 1 is 1.12 bits per heavy atom. The van der Waals surface area contributed by atoms with Crippen LogP contribution in [0.4, 0.5) is 0 Å². The summed E-state index contributed by atoms with van der Waals surface area (Å²) in [4.78, 5) is 0. The minimum Gasteiger partial charge on any atom is -0.490 e. The molecule has 1 aromatic carbocycles. The molecule has 4 rings (SSSR count). The molecule has 0 atom stereocenters. The number of hydrogen-bond acceptors (Lipinski definition) is 4. The molecule has 5 nitrogen and oxygen atoms in total. The van der Waals surface area contributed by atoms with Crippen molar-refractivity contribution in [2.75, 3.05) is 0 Å². The van der Waals surface area contributed by atoms with Gasteiger partial charge in [-0.1, -0.05) is 24.6 Å². The highest BCUT2D eigenvalue weighted by Crippen LogP contribution is 2.29. The second-order valence-corrected chi connectivity index (χ2v) is 7.13. The highest BCUT2D eigenvalue weighted by molar-refractivity contribution is 5.88. The summed E-state index contributed by atoms with van der Waals surface area (Å²) < 4.78 is 8.32. The number of allylic oxidation sites excluding steroid dienone is 1. The Hall–Kier alpha value is -2.61. The SMILES string of the molecule is N#CC(=Cc1ccccc1OC1CCCC1)c1nnc2n1CCCCC2. The van der Waals surface area contributed by atoms with E-state index in [2.05, 4.69) is 20.8 Å². The smallest absolute Gasteiger partial charge is 0.174 e. The standard InChI is InChI=1S/C21H24N4O/c22-15-17(21-24-23-20-12-2-1-7-13-25(20)21)14-16-8-3-6-11-19(16)26-18-9-4-5-10-18/h3,6,8,11,14,18H,1-2,4-5,7,9-10,12-13H2. The van der Waals surface area contributed by atoms with E-state index in [4.69, 9.17) is 4.74 Å². The third-order valence-electron chi connectivity index (χ3n) is 5.29. The van der Waals surface area contributed by atoms with E-state index in [0.717, 1.165) is 55.8 Å². The van der Waals surface area contributed by atoms with E-state index >= 15 is 0 Å². The highest BCUT2D eigenvalue weighted by atomic mass is 16.5. The number of benzene rings is 1. The van der Waals surface area contributed by atoms with Crippen molar-refractivity contribution in [2.24, 2.45) is 0 Å². The molecule has 1 aliphatic heterocycles. The van der Waals surface area contributed by atoms with Crippen LogP contribution in [0.25, 0.3) is 11.6 Å². The zero-order chi connectivity index (χ0) is 17.8. The number of nitrogens with zero attached hydrogens (tertiary/aromatic N) is 4. The van der Waals surface area contributed by atoms with Gasteiger partial charge in [-0.05, 0) is 50.7 Å². The number of ether oxygens (including phenoxy) is 1. The Bertz CT molecular complexity index is 840. The number of nitriles is 1. The Morgan fingerprint density at radius 3 is 2.81 bits per heavy atom. The average Bonchev–Trinajstić information content (AvgIpc) is 3.26. The lowest BCUT2D eigenvalue weighted by molar-refractivity contribution is 0.209. The second kappa shape index (κ2) is 7.74. The van der Waals surface area contributed by atoms with E-state index in [-0.39, 0.29) is 0 Å². The van der Waals surface area contributed by atoms with Gasteiger partial charge in [0.25, 0.3) is 0 Å². The molecule has 1 aliphatic carbocycles. The van der Waals surface area contributed by atoms with E-state index < -0.39 is 0 Å². The monoisotopic (exact) mass is 348 g/mol. The van der Waals surface area contributed by atoms with E-state index in [0.29, 0.717) is 17.5 Å². The van der Waals surface area contributed by atoms with Crippen LogP contribution in [0.2, 0.25) is 0 Å². The molecule has 0 amide bonds. The molecule has 0 N–H and O–H groups in total. The lowest BCUT2D eigenvalue weighted by Crippen LogP contribution is -2.11. The fourth-order valence-corrected chi connectivity index (χ4v) is 3.88. The molecule has 0 bridgehead atoms. The first-order valence-corrected chi connectivity index (χ1v) is 9.65. The Labute approximate surface area is 154 Å². The summed E-state index contributed by atoms with van der Waals surface area (Å²) in [6, 6.07) is 10.3. The number of aryl methyl sites for hydroxylation is 1. The molecule has 2 aromatic rings. The van der Waals surface area contributed by atoms with Crippen molar-refractivity contribution in [1.82, 2.24) is 14.8 Å². The van der Waals surface area contributed by atoms with Gasteiger partial charge >= 0.3 is 0 Å². The molecule has 26 heavy (non-hydrogen) atoms. The number of aromatic nitrogens is 3. The quantitative estimate of drug-likeness (QED) is 0.769. The summed E-state index contributed by atoms with van der Waals surface area (Å²) >= 11 is 0. The van der Waals surface area contributed by atoms with E-state index in [1.807, 2.05) is 30.3 Å². The van der Waals surface area contributed by atoms with Crippen LogP contribution in [0.3, 0.4) is 0 Å². The van der Waals surface area contributed by atoms with Crippen LogP contribution in [0, 0.1) is 11.3 Å². The summed E-state index contributed by atoms with van der Waals surface area (Å²) in [7, 11) is 0. The molecule has 2 aliphatic rings. The van der Waals surface area contributed by atoms with Gasteiger partial charge in [-0.3, -0.25) is 0 Å². The largest absolute Gasteiger partial charge is 0.490 e. The van der Waals surface area contributed by atoms with Crippen LogP contribution in [-0.4, -0.2) is 20.9 Å². The van der Waals surface area contributed by atoms with Crippen LogP contribution < -0.4 is 4.74 Å². The van der Waals surface area contributed by atoms with Gasteiger partial charge in [0.2, 0.25) is 0 Å². The second-order valence-electron chi connectivity index (χ2n) is 7.13. The Morgan fingerprint density at radius 2 is 1.96 bits per heavy atom. The first kappa shape index (κ1) is 16.8. The summed E-state index contributed by atoms with van der Waals surface area (Å²) in [5.74, 6) is 2.52. The molecule has 0 unspecified atom stereocenters. The molecule has 134 valence electrons. The van der Waals surface area contributed by atoms with Crippen LogP contribution in [0.15, 0.2) is 24.3 Å². The topological polar surface area (TPSA) is 63.7 Å². The molecular formula is C21H24N4O. The lowest BCUT2D eigenvalue weighted by atomic mass is 10.1. The van der Waals surface area contributed by atoms with Crippen LogP contribution in [-0.2, 0) is 13.0 Å². The van der Waals surface area contributed by atoms with Crippen molar-refractivity contribution in [1.29, 1.82) is 5.26 Å². The molecule has 1 saturated carbocycles. The maximum Gasteiger partial charge on any atom is 0.174 e. The van der Waals surface area contributed by atoms with Gasteiger partial charge in [-0.15, -0.1) is 10.2 Å². The first-order valence-electron chi connectivity index (χ1n) is 9.65. The Kier molecular flexibility index (Phi) is 5.01. The van der Waals surface area contributed by atoms with E-state index in [9.17, 15) is 5.26 Å². The van der Waals surface area contributed by atoms with Crippen molar-refractivity contribution in [3.63, 3.8) is 0 Å². The van der Waals surface area contributed by atoms with Gasteiger partial charge in [-0.2, -0.15) is 5.26 Å². The molecule has 2 heterocycles. The highest BCUT2D eigenvalue weighted by Gasteiger charge is 2.20. The van der Waals surface area contributed by atoms with Gasteiger partial charge in [0, 0.05) is 18.5 Å². The van der Waals surface area contributed by atoms with Crippen molar-refractivity contribution < 1.29 is 4.74 Å². The van der Waals surface area contributed by atoms with Crippen LogP contribution in [0.1, 0.15) is 62.2 Å². The number of hydrogen-bond donors (Lipinski definition) is 0. The molecule has 0 saturated heterocycles. The molecule has 1 fully saturated rings. The molecule has 5 heteroatoms. The summed E-state index contributed by atoms with van der Waals surface area (Å²) in [6.45, 7) is 0.886. The van der Waals surface area contributed by atoms with Gasteiger partial charge in [0.15, 0.2) is 5.82 Å². The van der Waals surface area contributed by atoms with Crippen LogP contribution >= 0.6 is 0 Å². The fraction of sp³-hybridized carbons (Fsp3) is 0.476. The molecular weight excluding hydrogens is 324 g/mol. The molecule has 0 spiro atoms. The van der Waals surface area contributed by atoms with Crippen molar-refractivity contribution in [2.45, 2.75) is 64.0 Å². The lowest BCUT2D eigenvalue weighted by Gasteiger charge is -2.15. The summed E-state index contributed by atoms with van der Waals surface area (Å²) in [6.07, 6.45) is 11.3. The van der Waals surface area contributed by atoms with Gasteiger partial charge in [-0.25, -0.2) is 0 Å². The minimum absolute atomic E-state index is 0.291. The normalized spacial score (nSPS) is 18.2. The average molecular weight is 348 g/mol. The van der Waals surface area contributed by atoms with Gasteiger partial charge < -0.3 is 9.30 Å². The number of fused-ring (bicyclic) bond motifs is 1. The van der Waals surface area contributed by atoms with Crippen molar-refractivity contribution in [3.8, 4) is 11.8 Å². The Balaban J connectivity index is 1.66. The molecule has 1 aromatic heterocycles. The third kappa shape index (κ3) is 3.50. The third-order valence-corrected chi connectivity index (χ3v) is 5.29. The predicted octanol–water partition coefficient (Wildman–Crippen LogP) is 4.39. The predicted molar refractivity (Wildman–Crippen MR) is 100 cm³/mol. The van der Waals surface area contributed by atoms with E-state index in [1.165, 1.54) is 19.3 Å². The van der Waals surface area contributed by atoms with Crippen molar-refractivity contribution >= 4 is 11.6 Å². The molecule has 0 radical (unpaired) electrons. The maximum absolute atomic E-state index is 9.77. The van der Waals surface area contributed by atoms with Crippen molar-refractivity contribution in [3.05, 3.63) is 41.5 Å². The minimum atomic E-state index is 0.291. The van der Waals surface area contributed by atoms with Gasteiger partial charge in [0.1, 0.15) is 17.6 Å². The zero-order valence-electron chi connectivity index (χ0n) is 15.0. The fourth-order valence-electron chi connectivity index (χ4n) is 3.88. The maximum atomic E-state index is 9.77. The summed E-state index contributed by atoms with van der Waals surface area (Å²) in [5, 5.41) is 18.4. The van der Waals surface area contributed by atoms with Gasteiger partial charge in [0.05, 0.1) is 11.7 Å². The van der Waals surface area contributed by atoms with Crippen LogP contribution in [0.5, 0.6) is 5.75 Å². The van der Waals surface area contributed by atoms with E-state index in [1.54, 1.807) is 0 Å². The summed E-state index contributed by atoms with van der Waals surface area (Å²) in [5.41, 5.74) is 1.48. The number of para-hydroxylation sites is 1. The first-order chi connectivity index (χ1) is 12.8. The zero-order valence-corrected chi connectivity index (χ0v) is 15.0.